The number of ether oxygens (including phenoxy) is 1. The zero-order chi connectivity index (χ0) is 41.0. The number of aliphatic hydroxyl groups excluding tert-OH is 2. The van der Waals surface area contributed by atoms with Gasteiger partial charge in [0.15, 0.2) is 0 Å². The van der Waals surface area contributed by atoms with Gasteiger partial charge in [0.05, 0.1) is 25.2 Å². The average molecular weight is 782 g/mol. The third-order valence-electron chi connectivity index (χ3n) is 10.1. The molecular weight excluding hydrogens is 695 g/mol. The normalized spacial score (nSPS) is 14.0. The molecule has 0 radical (unpaired) electrons. The Labute approximate surface area is 345 Å². The van der Waals surface area contributed by atoms with E-state index in [1.807, 2.05) is 48.6 Å². The predicted octanol–water partition coefficient (Wildman–Crippen LogP) is 13.4. The van der Waals surface area contributed by atoms with Gasteiger partial charge in [0.2, 0.25) is 5.91 Å². The number of esters is 1. The summed E-state index contributed by atoms with van der Waals surface area (Å²) >= 11 is 0. The van der Waals surface area contributed by atoms with Crippen LogP contribution in [-0.4, -0.2) is 46.9 Å². The van der Waals surface area contributed by atoms with Gasteiger partial charge in [-0.25, -0.2) is 0 Å². The molecule has 3 unspecified atom stereocenters. The zero-order valence-corrected chi connectivity index (χ0v) is 36.5. The van der Waals surface area contributed by atoms with Gasteiger partial charge in [-0.15, -0.1) is 0 Å². The van der Waals surface area contributed by atoms with E-state index in [0.29, 0.717) is 19.3 Å². The van der Waals surface area contributed by atoms with Crippen molar-refractivity contribution in [1.29, 1.82) is 0 Å². The maximum atomic E-state index is 13.1. The molecule has 0 aromatic heterocycles. The monoisotopic (exact) mass is 782 g/mol. The number of carbonyl (C=O) groups excluding carboxylic acids is 2. The van der Waals surface area contributed by atoms with Crippen LogP contribution in [0.25, 0.3) is 0 Å². The Bertz CT molecular complexity index is 1060. The zero-order valence-electron chi connectivity index (χ0n) is 36.5. The molecule has 0 saturated carbocycles. The minimum Gasteiger partial charge on any atom is -0.462 e. The van der Waals surface area contributed by atoms with Gasteiger partial charge < -0.3 is 20.3 Å². The van der Waals surface area contributed by atoms with Crippen molar-refractivity contribution in [3.05, 3.63) is 72.9 Å². The van der Waals surface area contributed by atoms with Gasteiger partial charge >= 0.3 is 5.97 Å². The van der Waals surface area contributed by atoms with Crippen molar-refractivity contribution < 1.29 is 24.5 Å². The third-order valence-corrected chi connectivity index (χ3v) is 10.1. The quantitative estimate of drug-likeness (QED) is 0.0249. The van der Waals surface area contributed by atoms with Crippen LogP contribution in [0.1, 0.15) is 207 Å². The van der Waals surface area contributed by atoms with Crippen molar-refractivity contribution in [2.75, 3.05) is 6.61 Å². The van der Waals surface area contributed by atoms with Crippen LogP contribution in [-0.2, 0) is 14.3 Å². The van der Waals surface area contributed by atoms with Gasteiger partial charge in [-0.1, -0.05) is 203 Å². The second-order valence-electron chi connectivity index (χ2n) is 15.5. The van der Waals surface area contributed by atoms with Crippen molar-refractivity contribution in [2.45, 2.75) is 225 Å². The topological polar surface area (TPSA) is 95.9 Å². The molecule has 0 spiro atoms. The Hall–Kier alpha value is -2.70. The Kier molecular flexibility index (Phi) is 41.3. The first-order valence-corrected chi connectivity index (χ1v) is 23.2. The Morgan fingerprint density at radius 3 is 1.54 bits per heavy atom. The molecular formula is C50H87NO5. The van der Waals surface area contributed by atoms with Crippen LogP contribution in [0.3, 0.4) is 0 Å². The fourth-order valence-corrected chi connectivity index (χ4v) is 6.63. The van der Waals surface area contributed by atoms with E-state index in [9.17, 15) is 19.8 Å². The number of unbranched alkanes of at least 4 members (excludes halogenated alkanes) is 20. The van der Waals surface area contributed by atoms with Crippen LogP contribution >= 0.6 is 0 Å². The lowest BCUT2D eigenvalue weighted by Gasteiger charge is -2.24. The Morgan fingerprint density at radius 1 is 0.536 bits per heavy atom. The standard InChI is InChI=1S/C50H87NO5/c1-4-7-10-13-16-19-22-24-27-29-32-35-38-41-46(56-50(55)43-40-37-34-31-28-25-23-20-17-14-11-8-5-2)44-49(54)51-47(45-52)48(53)42-39-36-33-30-26-21-18-15-12-9-6-3/h7,10,13,16,19,22,24-25,27-29,32,46-48,52-53H,4-6,8-9,11-12,14-15,17-18,20-21,23,26,30-31,33-45H2,1-3H3,(H,51,54)/b10-7+,16-13+,22-19-,27-24-,28-25-,32-29+. The summed E-state index contributed by atoms with van der Waals surface area (Å²) < 4.78 is 5.86. The van der Waals surface area contributed by atoms with Crippen molar-refractivity contribution in [2.24, 2.45) is 0 Å². The minimum absolute atomic E-state index is 0.0200. The third kappa shape index (κ3) is 38.2. The molecule has 0 aliphatic heterocycles. The first-order valence-electron chi connectivity index (χ1n) is 23.2. The lowest BCUT2D eigenvalue weighted by molar-refractivity contribution is -0.151. The summed E-state index contributed by atoms with van der Waals surface area (Å²) in [5.41, 5.74) is 0. The van der Waals surface area contributed by atoms with Crippen LogP contribution in [0.2, 0.25) is 0 Å². The molecule has 0 aromatic rings. The lowest BCUT2D eigenvalue weighted by atomic mass is 10.0. The molecule has 6 heteroatoms. The average Bonchev–Trinajstić information content (AvgIpc) is 3.19. The summed E-state index contributed by atoms with van der Waals surface area (Å²) in [7, 11) is 0. The molecule has 0 fully saturated rings. The maximum absolute atomic E-state index is 13.1. The van der Waals surface area contributed by atoms with Gasteiger partial charge in [-0.2, -0.15) is 0 Å². The smallest absolute Gasteiger partial charge is 0.306 e. The fraction of sp³-hybridized carbons (Fsp3) is 0.720. The highest BCUT2D eigenvalue weighted by Crippen LogP contribution is 2.16. The highest BCUT2D eigenvalue weighted by atomic mass is 16.5. The highest BCUT2D eigenvalue weighted by Gasteiger charge is 2.24. The molecule has 3 N–H and O–H groups in total. The number of allylic oxidation sites excluding steroid dienone is 12. The molecule has 0 heterocycles. The number of carbonyl (C=O) groups is 2. The molecule has 0 saturated heterocycles. The van der Waals surface area contributed by atoms with E-state index in [4.69, 9.17) is 4.74 Å². The van der Waals surface area contributed by atoms with Crippen molar-refractivity contribution in [3.63, 3.8) is 0 Å². The molecule has 6 nitrogen and oxygen atoms in total. The van der Waals surface area contributed by atoms with E-state index in [-0.39, 0.29) is 24.9 Å². The molecule has 0 aromatic carbocycles. The van der Waals surface area contributed by atoms with Gasteiger partial charge in [0.25, 0.3) is 0 Å². The highest BCUT2D eigenvalue weighted by molar-refractivity contribution is 5.77. The van der Waals surface area contributed by atoms with Gasteiger partial charge in [0, 0.05) is 6.42 Å². The Morgan fingerprint density at radius 2 is 1.00 bits per heavy atom. The number of aliphatic hydroxyl groups is 2. The molecule has 1 amide bonds. The van der Waals surface area contributed by atoms with Crippen LogP contribution in [0.5, 0.6) is 0 Å². The largest absolute Gasteiger partial charge is 0.462 e. The summed E-state index contributed by atoms with van der Waals surface area (Å²) in [6.45, 7) is 6.28. The first kappa shape index (κ1) is 53.3. The number of hydrogen-bond donors (Lipinski definition) is 3. The molecule has 322 valence electrons. The van der Waals surface area contributed by atoms with Crippen LogP contribution in [0.4, 0.5) is 0 Å². The number of hydrogen-bond acceptors (Lipinski definition) is 5. The summed E-state index contributed by atoms with van der Waals surface area (Å²) in [4.78, 5) is 26.0. The van der Waals surface area contributed by atoms with E-state index >= 15 is 0 Å². The van der Waals surface area contributed by atoms with Crippen LogP contribution < -0.4 is 5.32 Å². The van der Waals surface area contributed by atoms with Crippen LogP contribution in [0.15, 0.2) is 72.9 Å². The Balaban J connectivity index is 4.76. The van der Waals surface area contributed by atoms with Crippen LogP contribution in [0, 0.1) is 0 Å². The first-order chi connectivity index (χ1) is 27.5. The van der Waals surface area contributed by atoms with Crippen molar-refractivity contribution in [1.82, 2.24) is 5.32 Å². The summed E-state index contributed by atoms with van der Waals surface area (Å²) in [6, 6.07) is -0.728. The van der Waals surface area contributed by atoms with Gasteiger partial charge in [-0.3, -0.25) is 9.59 Å². The molecule has 0 rings (SSSR count). The van der Waals surface area contributed by atoms with E-state index < -0.39 is 18.2 Å². The lowest BCUT2D eigenvalue weighted by Crippen LogP contribution is -2.46. The fourth-order valence-electron chi connectivity index (χ4n) is 6.63. The second-order valence-corrected chi connectivity index (χ2v) is 15.5. The summed E-state index contributed by atoms with van der Waals surface area (Å²) in [5, 5.41) is 23.6. The predicted molar refractivity (Wildman–Crippen MR) is 241 cm³/mol. The van der Waals surface area contributed by atoms with E-state index in [0.717, 1.165) is 70.6 Å². The molecule has 0 bridgehead atoms. The number of nitrogens with one attached hydrogen (secondary N) is 1. The summed E-state index contributed by atoms with van der Waals surface area (Å²) in [5.74, 6) is -0.571. The second kappa shape index (κ2) is 43.4. The van der Waals surface area contributed by atoms with Crippen molar-refractivity contribution >= 4 is 11.9 Å². The molecule has 0 aliphatic carbocycles. The minimum atomic E-state index is -0.809. The van der Waals surface area contributed by atoms with Gasteiger partial charge in [-0.05, 0) is 64.2 Å². The maximum Gasteiger partial charge on any atom is 0.306 e. The molecule has 56 heavy (non-hydrogen) atoms. The van der Waals surface area contributed by atoms with Gasteiger partial charge in [0.1, 0.15) is 6.10 Å². The SMILES string of the molecule is CC/C=C/C=C/C=C\C=C/C=C/CCCC(CC(=O)NC(CO)C(O)CCCCCCCCCCCCC)OC(=O)CCCCC/C=C\CCCCCCCC. The van der Waals surface area contributed by atoms with E-state index in [2.05, 4.69) is 50.4 Å². The van der Waals surface area contributed by atoms with E-state index in [1.165, 1.54) is 89.9 Å². The number of rotatable bonds is 40. The number of amides is 1. The summed E-state index contributed by atoms with van der Waals surface area (Å²) in [6.07, 6.45) is 53.9. The molecule has 0 aliphatic rings. The molecule has 3 atom stereocenters. The van der Waals surface area contributed by atoms with Crippen molar-refractivity contribution in [3.8, 4) is 0 Å². The van der Waals surface area contributed by atoms with E-state index in [1.54, 1.807) is 0 Å².